The molecule has 3 aromatic rings. The van der Waals surface area contributed by atoms with Crippen molar-refractivity contribution in [3.8, 4) is 0 Å². The van der Waals surface area contributed by atoms with Crippen LogP contribution in [0.25, 0.3) is 0 Å². The zero-order chi connectivity index (χ0) is 45.4. The molecular weight excluding hydrogens is 803 g/mol. The van der Waals surface area contributed by atoms with Gasteiger partial charge in [0.2, 0.25) is 17.7 Å². The molecule has 0 aromatic heterocycles. The zero-order valence-corrected chi connectivity index (χ0v) is 37.1. The van der Waals surface area contributed by atoms with Crippen LogP contribution in [0.5, 0.6) is 0 Å². The normalized spacial score (nSPS) is 16.4. The van der Waals surface area contributed by atoms with Crippen LogP contribution in [0.4, 0.5) is 4.79 Å². The molecule has 5 amide bonds. The van der Waals surface area contributed by atoms with Gasteiger partial charge in [-0.2, -0.15) is 0 Å². The molecule has 5 rings (SSSR count). The average Bonchev–Trinajstić information content (AvgIpc) is 3.28. The molecule has 6 N–H and O–H groups in total. The Balaban J connectivity index is 1.29. The maximum Gasteiger partial charge on any atom is 0.408 e. The number of carbonyl (C=O) groups is 6. The van der Waals surface area contributed by atoms with Crippen LogP contribution in [-0.2, 0) is 59.3 Å². The van der Waals surface area contributed by atoms with E-state index in [1.54, 1.807) is 51.1 Å². The van der Waals surface area contributed by atoms with E-state index in [0.717, 1.165) is 74.5 Å². The molecule has 2 unspecified atom stereocenters. The first-order valence-electron chi connectivity index (χ1n) is 22.4. The number of amides is 5. The quantitative estimate of drug-likeness (QED) is 0.0851. The average molecular weight is 868 g/mol. The molecule has 2 aliphatic carbocycles. The number of hydrogen-bond donors (Lipinski definition) is 6. The number of rotatable bonds is 19. The highest BCUT2D eigenvalue weighted by Gasteiger charge is 2.37. The summed E-state index contributed by atoms with van der Waals surface area (Å²) in [6, 6.07) is 19.3. The number of hydrogen-bond acceptors (Lipinski definition) is 9. The SMILES string of the molecule is CCCC(NC(=O)[C@H](Cc1cccc2c1CCCC2)NC(=O)[C@@H](NC(=O)OC(C)(C)C)C1CCCCC1)C(O)C(=O)NCC(=O)N[C@H](C(=O)OCc1ccccc1)c1ccccc1. The number of aliphatic hydroxyl groups excluding tert-OH is 1. The molecular formula is C49H65N5O9. The molecule has 2 aliphatic rings. The molecule has 1 saturated carbocycles. The standard InChI is InChI=1S/C49H65N5O9/c1-5-18-38(43(56)46(59)50-30-40(55)53-42(35-24-13-8-14-25-35)47(60)62-31-32-19-9-6-10-20-32)51-44(57)39(29-36-27-17-26-33-21-15-16-28-37(33)36)52-45(58)41(34-22-11-7-12-23-34)54-48(61)63-49(2,3)4/h6,8-10,13-14,17,19-20,24-27,34,38-39,41-43,56H,5,7,11-12,15-16,18,21-23,28-31H2,1-4H3,(H,50,59)(H,51,57)(H,52,58)(H,53,55)(H,54,61)/t38?,39-,41-,42-,43?/m0/s1. The highest BCUT2D eigenvalue weighted by molar-refractivity contribution is 5.93. The van der Waals surface area contributed by atoms with E-state index in [9.17, 15) is 33.9 Å². The number of nitrogens with one attached hydrogen (secondary N) is 5. The maximum atomic E-state index is 14.4. The number of carbonyl (C=O) groups excluding carboxylic acids is 6. The zero-order valence-electron chi connectivity index (χ0n) is 37.1. The molecule has 3 aromatic carbocycles. The van der Waals surface area contributed by atoms with E-state index in [1.807, 2.05) is 49.4 Å². The second kappa shape index (κ2) is 23.6. The van der Waals surface area contributed by atoms with Crippen molar-refractivity contribution in [1.82, 2.24) is 26.6 Å². The van der Waals surface area contributed by atoms with Crippen LogP contribution in [0.15, 0.2) is 78.9 Å². The number of esters is 1. The number of aryl methyl sites for hydroxylation is 1. The van der Waals surface area contributed by atoms with E-state index in [4.69, 9.17) is 9.47 Å². The molecule has 0 aliphatic heterocycles. The number of fused-ring (bicyclic) bond motifs is 1. The summed E-state index contributed by atoms with van der Waals surface area (Å²) in [5.41, 5.74) is 3.72. The van der Waals surface area contributed by atoms with Crippen LogP contribution in [-0.4, -0.2) is 77.2 Å². The number of ether oxygens (including phenoxy) is 2. The Morgan fingerprint density at radius 3 is 2.11 bits per heavy atom. The van der Waals surface area contributed by atoms with Crippen molar-refractivity contribution in [2.24, 2.45) is 5.92 Å². The van der Waals surface area contributed by atoms with E-state index < -0.39 is 78.1 Å². The third-order valence-corrected chi connectivity index (χ3v) is 11.5. The summed E-state index contributed by atoms with van der Waals surface area (Å²) >= 11 is 0. The highest BCUT2D eigenvalue weighted by Crippen LogP contribution is 2.28. The van der Waals surface area contributed by atoms with Crippen molar-refractivity contribution < 1.29 is 43.3 Å². The van der Waals surface area contributed by atoms with Crippen molar-refractivity contribution >= 4 is 35.7 Å². The molecule has 0 radical (unpaired) electrons. The van der Waals surface area contributed by atoms with E-state index in [1.165, 1.54) is 5.56 Å². The monoisotopic (exact) mass is 867 g/mol. The second-order valence-corrected chi connectivity index (χ2v) is 17.6. The summed E-state index contributed by atoms with van der Waals surface area (Å²) in [7, 11) is 0. The summed E-state index contributed by atoms with van der Waals surface area (Å²) in [4.78, 5) is 81.7. The minimum absolute atomic E-state index is 0.00546. The molecule has 0 heterocycles. The van der Waals surface area contributed by atoms with Crippen molar-refractivity contribution in [3.05, 3.63) is 107 Å². The highest BCUT2D eigenvalue weighted by atomic mass is 16.6. The van der Waals surface area contributed by atoms with Crippen LogP contribution in [0, 0.1) is 5.92 Å². The molecule has 1 fully saturated rings. The first kappa shape index (κ1) is 48.3. The largest absolute Gasteiger partial charge is 0.459 e. The second-order valence-electron chi connectivity index (χ2n) is 17.6. The van der Waals surface area contributed by atoms with Crippen molar-refractivity contribution in [2.45, 2.75) is 147 Å². The van der Waals surface area contributed by atoms with Crippen molar-refractivity contribution in [1.29, 1.82) is 0 Å². The van der Waals surface area contributed by atoms with Gasteiger partial charge in [-0.25, -0.2) is 9.59 Å². The van der Waals surface area contributed by atoms with Gasteiger partial charge in [0.05, 0.1) is 12.6 Å². The molecule has 63 heavy (non-hydrogen) atoms. The molecule has 0 bridgehead atoms. The van der Waals surface area contributed by atoms with Gasteiger partial charge in [0, 0.05) is 6.42 Å². The van der Waals surface area contributed by atoms with E-state index in [2.05, 4.69) is 32.7 Å². The molecule has 340 valence electrons. The fraction of sp³-hybridized carbons (Fsp3) is 0.510. The summed E-state index contributed by atoms with van der Waals surface area (Å²) in [6.07, 6.45) is 6.41. The summed E-state index contributed by atoms with van der Waals surface area (Å²) in [5.74, 6) is -3.62. The minimum Gasteiger partial charge on any atom is -0.459 e. The molecule has 14 heteroatoms. The first-order chi connectivity index (χ1) is 30.2. The van der Waals surface area contributed by atoms with Gasteiger partial charge in [-0.15, -0.1) is 0 Å². The van der Waals surface area contributed by atoms with Crippen LogP contribution in [0.1, 0.15) is 119 Å². The van der Waals surface area contributed by atoms with Gasteiger partial charge in [0.1, 0.15) is 24.3 Å². The van der Waals surface area contributed by atoms with Gasteiger partial charge in [-0.05, 0) is 99.5 Å². The Kier molecular flexibility index (Phi) is 18.1. The lowest BCUT2D eigenvalue weighted by molar-refractivity contribution is -0.149. The molecule has 0 spiro atoms. The van der Waals surface area contributed by atoms with Crippen LogP contribution >= 0.6 is 0 Å². The minimum atomic E-state index is -1.77. The van der Waals surface area contributed by atoms with Gasteiger partial charge in [0.15, 0.2) is 12.1 Å². The third kappa shape index (κ3) is 14.9. The van der Waals surface area contributed by atoms with Crippen LogP contribution in [0.3, 0.4) is 0 Å². The lowest BCUT2D eigenvalue weighted by Gasteiger charge is -2.33. The van der Waals surface area contributed by atoms with Crippen LogP contribution in [0.2, 0.25) is 0 Å². The first-order valence-corrected chi connectivity index (χ1v) is 22.4. The predicted molar refractivity (Wildman–Crippen MR) is 238 cm³/mol. The Morgan fingerprint density at radius 2 is 1.43 bits per heavy atom. The molecule has 14 nitrogen and oxygen atoms in total. The van der Waals surface area contributed by atoms with Crippen molar-refractivity contribution in [3.63, 3.8) is 0 Å². The summed E-state index contributed by atoms with van der Waals surface area (Å²) < 4.78 is 11.1. The van der Waals surface area contributed by atoms with Gasteiger partial charge in [-0.3, -0.25) is 19.2 Å². The van der Waals surface area contributed by atoms with E-state index in [-0.39, 0.29) is 25.4 Å². The lowest BCUT2D eigenvalue weighted by atomic mass is 9.83. The fourth-order valence-corrected chi connectivity index (χ4v) is 8.35. The Morgan fingerprint density at radius 1 is 0.746 bits per heavy atom. The Labute approximate surface area is 371 Å². The summed E-state index contributed by atoms with van der Waals surface area (Å²) in [5, 5.41) is 25.1. The smallest absolute Gasteiger partial charge is 0.408 e. The van der Waals surface area contributed by atoms with Crippen molar-refractivity contribution in [2.75, 3.05) is 6.54 Å². The summed E-state index contributed by atoms with van der Waals surface area (Å²) in [6.45, 7) is 6.48. The maximum absolute atomic E-state index is 14.4. The van der Waals surface area contributed by atoms with E-state index >= 15 is 0 Å². The number of aliphatic hydroxyl groups is 1. The van der Waals surface area contributed by atoms with Crippen LogP contribution < -0.4 is 26.6 Å². The van der Waals surface area contributed by atoms with Gasteiger partial charge >= 0.3 is 12.1 Å². The lowest BCUT2D eigenvalue weighted by Crippen LogP contribution is -2.59. The number of alkyl carbamates (subject to hydrolysis) is 1. The van der Waals surface area contributed by atoms with Gasteiger partial charge < -0.3 is 41.2 Å². The van der Waals surface area contributed by atoms with Gasteiger partial charge in [0.25, 0.3) is 5.91 Å². The Bertz CT molecular complexity index is 2000. The molecule has 0 saturated heterocycles. The predicted octanol–water partition coefficient (Wildman–Crippen LogP) is 5.43. The van der Waals surface area contributed by atoms with E-state index in [0.29, 0.717) is 12.0 Å². The third-order valence-electron chi connectivity index (χ3n) is 11.5. The fourth-order valence-electron chi connectivity index (χ4n) is 8.35. The number of benzene rings is 3. The molecule has 5 atom stereocenters. The van der Waals surface area contributed by atoms with Gasteiger partial charge in [-0.1, -0.05) is 111 Å². The Hall–Kier alpha value is -5.76. The topological polar surface area (TPSA) is 201 Å².